The van der Waals surface area contributed by atoms with Crippen LogP contribution < -0.4 is 10.6 Å². The van der Waals surface area contributed by atoms with Gasteiger partial charge in [-0.25, -0.2) is 0 Å². The van der Waals surface area contributed by atoms with E-state index in [1.165, 1.54) is 0 Å². The van der Waals surface area contributed by atoms with E-state index in [9.17, 15) is 9.59 Å². The van der Waals surface area contributed by atoms with Crippen molar-refractivity contribution >= 4 is 11.8 Å². The lowest BCUT2D eigenvalue weighted by Gasteiger charge is -2.23. The fourth-order valence-corrected chi connectivity index (χ4v) is 2.50. The van der Waals surface area contributed by atoms with Crippen LogP contribution in [0.5, 0.6) is 0 Å². The van der Waals surface area contributed by atoms with Crippen molar-refractivity contribution in [1.29, 1.82) is 0 Å². The van der Waals surface area contributed by atoms with Crippen LogP contribution >= 0.6 is 0 Å². The number of hydrogen-bond acceptors (Lipinski definition) is 4. The van der Waals surface area contributed by atoms with Gasteiger partial charge < -0.3 is 15.5 Å². The first-order valence-corrected chi connectivity index (χ1v) is 7.68. The summed E-state index contributed by atoms with van der Waals surface area (Å²) in [5.41, 5.74) is 2.38. The first-order valence-electron chi connectivity index (χ1n) is 7.68. The molecule has 2 N–H and O–H groups in total. The van der Waals surface area contributed by atoms with Crippen LogP contribution in [-0.4, -0.2) is 47.6 Å². The third kappa shape index (κ3) is 3.99. The van der Waals surface area contributed by atoms with Gasteiger partial charge in [0.25, 0.3) is 5.91 Å². The maximum absolute atomic E-state index is 12.7. The van der Waals surface area contributed by atoms with Crippen molar-refractivity contribution in [2.24, 2.45) is 7.05 Å². The highest BCUT2D eigenvalue weighted by Crippen LogP contribution is 2.16. The van der Waals surface area contributed by atoms with Crippen LogP contribution in [0.25, 0.3) is 0 Å². The van der Waals surface area contributed by atoms with Gasteiger partial charge in [-0.2, -0.15) is 5.10 Å². The summed E-state index contributed by atoms with van der Waals surface area (Å²) < 4.78 is 1.67. The Labute approximate surface area is 141 Å². The van der Waals surface area contributed by atoms with E-state index in [2.05, 4.69) is 15.7 Å². The molecule has 0 aliphatic carbocycles. The molecule has 0 spiro atoms. The van der Waals surface area contributed by atoms with Crippen LogP contribution in [0, 0.1) is 0 Å². The predicted octanol–water partition coefficient (Wildman–Crippen LogP) is 0.699. The third-order valence-electron chi connectivity index (χ3n) is 3.83. The molecular formula is C17H23N5O2. The first kappa shape index (κ1) is 17.7. The van der Waals surface area contributed by atoms with Gasteiger partial charge in [0.1, 0.15) is 6.04 Å². The summed E-state index contributed by atoms with van der Waals surface area (Å²) in [6, 6.07) is 6.78. The van der Waals surface area contributed by atoms with Crippen LogP contribution in [0.15, 0.2) is 36.7 Å². The monoisotopic (exact) mass is 329 g/mol. The molecule has 1 atom stereocenters. The SMILES string of the molecule is CNC(=O)c1ccc(CN(C)C(=O)C(NC)c2cnn(C)c2)cc1. The molecule has 7 nitrogen and oxygen atoms in total. The van der Waals surface area contributed by atoms with E-state index in [1.807, 2.05) is 25.4 Å². The summed E-state index contributed by atoms with van der Waals surface area (Å²) in [6.07, 6.45) is 3.51. The standard InChI is InChI=1S/C17H23N5O2/c1-18-15(14-9-20-22(4)11-14)17(24)21(3)10-12-5-7-13(8-6-12)16(23)19-2/h5-9,11,15,18H,10H2,1-4H3,(H,19,23). The molecular weight excluding hydrogens is 306 g/mol. The number of benzene rings is 1. The van der Waals surface area contributed by atoms with Gasteiger partial charge in [0, 0.05) is 45.0 Å². The van der Waals surface area contributed by atoms with Crippen molar-refractivity contribution in [1.82, 2.24) is 25.3 Å². The second-order valence-electron chi connectivity index (χ2n) is 5.64. The predicted molar refractivity (Wildman–Crippen MR) is 91.3 cm³/mol. The van der Waals surface area contributed by atoms with Crippen molar-refractivity contribution in [3.8, 4) is 0 Å². The summed E-state index contributed by atoms with van der Waals surface area (Å²) in [6.45, 7) is 0.464. The highest BCUT2D eigenvalue weighted by Gasteiger charge is 2.23. The molecule has 0 saturated heterocycles. The number of amides is 2. The van der Waals surface area contributed by atoms with Crippen molar-refractivity contribution in [3.05, 3.63) is 53.3 Å². The smallest absolute Gasteiger partial charge is 0.251 e. The summed E-state index contributed by atoms with van der Waals surface area (Å²) in [5.74, 6) is -0.168. The normalized spacial score (nSPS) is 11.8. The molecule has 0 aliphatic heterocycles. The molecule has 1 heterocycles. The molecule has 0 fully saturated rings. The maximum atomic E-state index is 12.7. The molecule has 0 aliphatic rings. The lowest BCUT2D eigenvalue weighted by molar-refractivity contribution is -0.132. The molecule has 2 amide bonds. The van der Waals surface area contributed by atoms with E-state index >= 15 is 0 Å². The summed E-state index contributed by atoms with van der Waals surface area (Å²) in [5, 5.41) is 9.73. The lowest BCUT2D eigenvalue weighted by Crippen LogP contribution is -2.37. The van der Waals surface area contributed by atoms with Crippen LogP contribution in [0.4, 0.5) is 0 Å². The zero-order valence-electron chi connectivity index (χ0n) is 14.4. The number of carbonyl (C=O) groups is 2. The minimum absolute atomic E-state index is 0.0409. The second kappa shape index (κ2) is 7.74. The number of aryl methyl sites for hydroxylation is 1. The lowest BCUT2D eigenvalue weighted by atomic mass is 10.1. The summed E-state index contributed by atoms with van der Waals surface area (Å²) in [4.78, 5) is 25.9. The second-order valence-corrected chi connectivity index (χ2v) is 5.64. The fraction of sp³-hybridized carbons (Fsp3) is 0.353. The number of aromatic nitrogens is 2. The topological polar surface area (TPSA) is 79.3 Å². The Balaban J connectivity index is 2.06. The number of likely N-dealkylation sites (N-methyl/N-ethyl adjacent to an activating group) is 2. The van der Waals surface area contributed by atoms with Crippen LogP contribution in [0.3, 0.4) is 0 Å². The van der Waals surface area contributed by atoms with Gasteiger partial charge in [-0.05, 0) is 24.7 Å². The molecule has 2 aromatic rings. The molecule has 128 valence electrons. The first-order chi connectivity index (χ1) is 11.5. The minimum Gasteiger partial charge on any atom is -0.355 e. The van der Waals surface area contributed by atoms with Crippen molar-refractivity contribution in [3.63, 3.8) is 0 Å². The highest BCUT2D eigenvalue weighted by molar-refractivity contribution is 5.93. The largest absolute Gasteiger partial charge is 0.355 e. The van der Waals surface area contributed by atoms with Gasteiger partial charge in [-0.1, -0.05) is 12.1 Å². The molecule has 1 aromatic carbocycles. The summed E-state index contributed by atoms with van der Waals surface area (Å²) in [7, 11) is 6.93. The zero-order valence-corrected chi connectivity index (χ0v) is 14.4. The highest BCUT2D eigenvalue weighted by atomic mass is 16.2. The Bertz CT molecular complexity index is 708. The van der Waals surface area contributed by atoms with Gasteiger partial charge in [0.05, 0.1) is 6.20 Å². The van der Waals surface area contributed by atoms with Gasteiger partial charge in [-0.3, -0.25) is 14.3 Å². The molecule has 1 unspecified atom stereocenters. The molecule has 2 rings (SSSR count). The molecule has 7 heteroatoms. The maximum Gasteiger partial charge on any atom is 0.251 e. The average molecular weight is 329 g/mol. The quantitative estimate of drug-likeness (QED) is 0.818. The number of rotatable bonds is 6. The molecule has 0 radical (unpaired) electrons. The van der Waals surface area contributed by atoms with E-state index in [4.69, 9.17) is 0 Å². The Morgan fingerprint density at radius 3 is 2.42 bits per heavy atom. The van der Waals surface area contributed by atoms with E-state index in [0.29, 0.717) is 12.1 Å². The van der Waals surface area contributed by atoms with Crippen LogP contribution in [0.1, 0.15) is 27.5 Å². The van der Waals surface area contributed by atoms with Crippen LogP contribution in [0.2, 0.25) is 0 Å². The Morgan fingerprint density at radius 2 is 1.92 bits per heavy atom. The molecule has 0 bridgehead atoms. The number of hydrogen-bond donors (Lipinski definition) is 2. The van der Waals surface area contributed by atoms with Crippen molar-refractivity contribution in [2.45, 2.75) is 12.6 Å². The zero-order chi connectivity index (χ0) is 17.7. The summed E-state index contributed by atoms with van der Waals surface area (Å²) >= 11 is 0. The van der Waals surface area contributed by atoms with Gasteiger partial charge in [-0.15, -0.1) is 0 Å². The Kier molecular flexibility index (Phi) is 5.70. The van der Waals surface area contributed by atoms with E-state index in [1.54, 1.807) is 49.1 Å². The van der Waals surface area contributed by atoms with Crippen molar-refractivity contribution < 1.29 is 9.59 Å². The Morgan fingerprint density at radius 1 is 1.25 bits per heavy atom. The van der Waals surface area contributed by atoms with Crippen LogP contribution in [-0.2, 0) is 18.4 Å². The van der Waals surface area contributed by atoms with Gasteiger partial charge >= 0.3 is 0 Å². The minimum atomic E-state index is -0.436. The van der Waals surface area contributed by atoms with E-state index in [0.717, 1.165) is 11.1 Å². The number of carbonyl (C=O) groups excluding carboxylic acids is 2. The van der Waals surface area contributed by atoms with E-state index in [-0.39, 0.29) is 11.8 Å². The van der Waals surface area contributed by atoms with Crippen molar-refractivity contribution in [2.75, 3.05) is 21.1 Å². The van der Waals surface area contributed by atoms with E-state index < -0.39 is 6.04 Å². The fourth-order valence-electron chi connectivity index (χ4n) is 2.50. The van der Waals surface area contributed by atoms with Gasteiger partial charge in [0.15, 0.2) is 0 Å². The Hall–Kier alpha value is -2.67. The third-order valence-corrected chi connectivity index (χ3v) is 3.83. The van der Waals surface area contributed by atoms with Gasteiger partial charge in [0.2, 0.25) is 5.91 Å². The molecule has 24 heavy (non-hydrogen) atoms. The molecule has 1 aromatic heterocycles. The average Bonchev–Trinajstić information content (AvgIpc) is 3.01. The number of nitrogens with one attached hydrogen (secondary N) is 2. The number of nitrogens with zero attached hydrogens (tertiary/aromatic N) is 3. The molecule has 0 saturated carbocycles.